The number of morpholine rings is 1. The number of carbonyl (C=O) groups is 1. The number of amides is 2. The van der Waals surface area contributed by atoms with E-state index in [0.29, 0.717) is 19.6 Å². The van der Waals surface area contributed by atoms with Gasteiger partial charge in [0.2, 0.25) is 0 Å². The van der Waals surface area contributed by atoms with Gasteiger partial charge in [-0.05, 0) is 47.6 Å². The minimum Gasteiger partial charge on any atom is -0.396 e. The molecule has 0 unspecified atom stereocenters. The van der Waals surface area contributed by atoms with Crippen LogP contribution in [0, 0.1) is 5.41 Å². The van der Waals surface area contributed by atoms with E-state index in [1.807, 2.05) is 31.1 Å². The van der Waals surface area contributed by atoms with Crippen LogP contribution in [0.15, 0.2) is 16.8 Å². The number of rotatable bonds is 6. The molecule has 0 radical (unpaired) electrons. The maximum atomic E-state index is 12.4. The highest BCUT2D eigenvalue weighted by molar-refractivity contribution is 7.07. The zero-order valence-corrected chi connectivity index (χ0v) is 15.1. The first-order valence-electron chi connectivity index (χ1n) is 8.22. The molecular formula is C17H28N2O3S. The Labute approximate surface area is 142 Å². The van der Waals surface area contributed by atoms with Crippen molar-refractivity contribution in [3.8, 4) is 0 Å². The zero-order valence-electron chi connectivity index (χ0n) is 14.2. The molecule has 0 aliphatic carbocycles. The van der Waals surface area contributed by atoms with Crippen LogP contribution in [-0.4, -0.2) is 48.4 Å². The van der Waals surface area contributed by atoms with Crippen LogP contribution in [-0.2, 0) is 4.74 Å². The summed E-state index contributed by atoms with van der Waals surface area (Å²) in [5, 5.41) is 16.3. The van der Waals surface area contributed by atoms with Gasteiger partial charge in [0.15, 0.2) is 0 Å². The molecule has 0 saturated carbocycles. The summed E-state index contributed by atoms with van der Waals surface area (Å²) in [7, 11) is 0. The average Bonchev–Trinajstić information content (AvgIpc) is 3.05. The molecule has 1 saturated heterocycles. The number of nitrogens with one attached hydrogen (secondary N) is 1. The predicted octanol–water partition coefficient (Wildman–Crippen LogP) is 3.02. The predicted molar refractivity (Wildman–Crippen MR) is 92.7 cm³/mol. The van der Waals surface area contributed by atoms with Crippen molar-refractivity contribution < 1.29 is 14.6 Å². The minimum atomic E-state index is -0.0811. The monoisotopic (exact) mass is 340 g/mol. The Morgan fingerprint density at radius 1 is 1.52 bits per heavy atom. The average molecular weight is 340 g/mol. The highest BCUT2D eigenvalue weighted by Crippen LogP contribution is 2.26. The lowest BCUT2D eigenvalue weighted by Gasteiger charge is -2.36. The van der Waals surface area contributed by atoms with Crippen molar-refractivity contribution in [1.29, 1.82) is 0 Å². The summed E-state index contributed by atoms with van der Waals surface area (Å²) in [4.78, 5) is 14.2. The van der Waals surface area contributed by atoms with Gasteiger partial charge >= 0.3 is 6.03 Å². The molecular weight excluding hydrogens is 312 g/mol. The van der Waals surface area contributed by atoms with E-state index in [2.05, 4.69) is 16.8 Å². The maximum absolute atomic E-state index is 12.4. The van der Waals surface area contributed by atoms with Crippen molar-refractivity contribution in [2.45, 2.75) is 45.8 Å². The van der Waals surface area contributed by atoms with Crippen LogP contribution in [0.4, 0.5) is 4.79 Å². The van der Waals surface area contributed by atoms with Crippen LogP contribution in [0.3, 0.4) is 0 Å². The Kier molecular flexibility index (Phi) is 6.44. The lowest BCUT2D eigenvalue weighted by Crippen LogP contribution is -2.50. The van der Waals surface area contributed by atoms with Gasteiger partial charge in [-0.2, -0.15) is 11.3 Å². The van der Waals surface area contributed by atoms with E-state index in [0.717, 1.165) is 18.4 Å². The molecule has 1 aromatic heterocycles. The molecule has 2 heterocycles. The number of nitrogens with zero attached hydrogens (tertiary/aromatic N) is 1. The fourth-order valence-electron chi connectivity index (χ4n) is 2.71. The molecule has 2 rings (SSSR count). The Morgan fingerprint density at radius 3 is 2.96 bits per heavy atom. The van der Waals surface area contributed by atoms with E-state index < -0.39 is 0 Å². The molecule has 130 valence electrons. The normalized spacial score (nSPS) is 22.2. The number of ether oxygens (including phenoxy) is 1. The molecule has 1 fully saturated rings. The van der Waals surface area contributed by atoms with E-state index in [1.165, 1.54) is 0 Å². The van der Waals surface area contributed by atoms with Gasteiger partial charge in [-0.25, -0.2) is 4.79 Å². The topological polar surface area (TPSA) is 61.8 Å². The fourth-order valence-corrected chi connectivity index (χ4v) is 3.41. The molecule has 1 aromatic rings. The Morgan fingerprint density at radius 2 is 2.30 bits per heavy atom. The van der Waals surface area contributed by atoms with E-state index in [-0.39, 0.29) is 30.3 Å². The summed E-state index contributed by atoms with van der Waals surface area (Å²) in [6.07, 6.45) is 1.75. The van der Waals surface area contributed by atoms with Crippen molar-refractivity contribution in [2.75, 3.05) is 26.2 Å². The first kappa shape index (κ1) is 18.2. The summed E-state index contributed by atoms with van der Waals surface area (Å²) in [6.45, 7) is 8.08. The highest BCUT2D eigenvalue weighted by atomic mass is 32.1. The van der Waals surface area contributed by atoms with E-state index >= 15 is 0 Å². The van der Waals surface area contributed by atoms with E-state index in [9.17, 15) is 9.90 Å². The third kappa shape index (κ3) is 5.48. The smallest absolute Gasteiger partial charge is 0.317 e. The second-order valence-corrected chi connectivity index (χ2v) is 7.83. The molecule has 0 bridgehead atoms. The van der Waals surface area contributed by atoms with Gasteiger partial charge < -0.3 is 20.1 Å². The van der Waals surface area contributed by atoms with Crippen molar-refractivity contribution in [3.05, 3.63) is 22.4 Å². The summed E-state index contributed by atoms with van der Waals surface area (Å²) in [5.74, 6) is 0. The van der Waals surface area contributed by atoms with Crippen molar-refractivity contribution in [1.82, 2.24) is 10.2 Å². The quantitative estimate of drug-likeness (QED) is 0.783. The Balaban J connectivity index is 1.79. The number of aliphatic hydroxyl groups is 1. The maximum Gasteiger partial charge on any atom is 0.317 e. The Bertz CT molecular complexity index is 490. The van der Waals surface area contributed by atoms with Crippen LogP contribution in [0.5, 0.6) is 0 Å². The molecule has 2 atom stereocenters. The van der Waals surface area contributed by atoms with E-state index in [1.54, 1.807) is 11.3 Å². The van der Waals surface area contributed by atoms with Crippen LogP contribution in [0.2, 0.25) is 0 Å². The van der Waals surface area contributed by atoms with Gasteiger partial charge in [0.25, 0.3) is 0 Å². The van der Waals surface area contributed by atoms with Crippen molar-refractivity contribution in [3.63, 3.8) is 0 Å². The summed E-state index contributed by atoms with van der Waals surface area (Å²) in [6, 6.07) is 2.03. The first-order valence-corrected chi connectivity index (χ1v) is 9.17. The summed E-state index contributed by atoms with van der Waals surface area (Å²) < 4.78 is 5.95. The fraction of sp³-hybridized carbons (Fsp3) is 0.706. The van der Waals surface area contributed by atoms with Gasteiger partial charge in [0, 0.05) is 19.7 Å². The number of urea groups is 1. The second kappa shape index (κ2) is 8.13. The molecule has 5 nitrogen and oxygen atoms in total. The number of hydrogen-bond donors (Lipinski definition) is 2. The minimum absolute atomic E-state index is 0.0258. The number of carbonyl (C=O) groups excluding carboxylic acids is 1. The molecule has 0 spiro atoms. The number of aliphatic hydroxyl groups excluding tert-OH is 1. The third-order valence-corrected chi connectivity index (χ3v) is 4.90. The largest absolute Gasteiger partial charge is 0.396 e. The lowest BCUT2D eigenvalue weighted by atomic mass is 9.89. The summed E-state index contributed by atoms with van der Waals surface area (Å²) >= 11 is 1.65. The molecule has 2 amide bonds. The standard InChI is InChI=1S/C17H28N2O3S/c1-13-9-19(10-15(22-13)14-5-8-23-11-14)16(21)18-7-4-6-17(2,3)12-20/h5,8,11,13,15,20H,4,6-7,9-10,12H2,1-3H3,(H,18,21)/t13-,15-/m1/s1. The first-order chi connectivity index (χ1) is 10.9. The molecule has 23 heavy (non-hydrogen) atoms. The highest BCUT2D eigenvalue weighted by Gasteiger charge is 2.29. The number of hydrogen-bond acceptors (Lipinski definition) is 4. The molecule has 2 N–H and O–H groups in total. The van der Waals surface area contributed by atoms with Crippen LogP contribution < -0.4 is 5.32 Å². The molecule has 1 aliphatic rings. The second-order valence-electron chi connectivity index (χ2n) is 7.05. The third-order valence-electron chi connectivity index (χ3n) is 4.20. The summed E-state index contributed by atoms with van der Waals surface area (Å²) in [5.41, 5.74) is 1.06. The van der Waals surface area contributed by atoms with E-state index in [4.69, 9.17) is 4.74 Å². The van der Waals surface area contributed by atoms with Gasteiger partial charge in [-0.1, -0.05) is 13.8 Å². The van der Waals surface area contributed by atoms with Crippen LogP contribution in [0.1, 0.15) is 45.3 Å². The molecule has 0 aromatic carbocycles. The van der Waals surface area contributed by atoms with Gasteiger partial charge in [0.1, 0.15) is 6.10 Å². The van der Waals surface area contributed by atoms with Crippen molar-refractivity contribution in [2.24, 2.45) is 5.41 Å². The SMILES string of the molecule is C[C@@H]1CN(C(=O)NCCCC(C)(C)CO)C[C@H](c2ccsc2)O1. The zero-order chi connectivity index (χ0) is 16.9. The van der Waals surface area contributed by atoms with Crippen LogP contribution in [0.25, 0.3) is 0 Å². The van der Waals surface area contributed by atoms with Crippen LogP contribution >= 0.6 is 11.3 Å². The van der Waals surface area contributed by atoms with Gasteiger partial charge in [-0.15, -0.1) is 0 Å². The van der Waals surface area contributed by atoms with Gasteiger partial charge in [-0.3, -0.25) is 0 Å². The Hall–Kier alpha value is -1.11. The molecule has 6 heteroatoms. The molecule has 1 aliphatic heterocycles. The lowest BCUT2D eigenvalue weighted by molar-refractivity contribution is -0.0654. The van der Waals surface area contributed by atoms with Gasteiger partial charge in [0.05, 0.1) is 12.6 Å². The van der Waals surface area contributed by atoms with Crippen molar-refractivity contribution >= 4 is 17.4 Å². The number of thiophene rings is 1.